The molecule has 1 aliphatic heterocycles. The largest absolute Gasteiger partial charge is 0.456 e. The minimum atomic E-state index is -3.87. The number of anilines is 1. The van der Waals surface area contributed by atoms with Gasteiger partial charge in [0.25, 0.3) is 0 Å². The van der Waals surface area contributed by atoms with Crippen molar-refractivity contribution in [3.8, 4) is 22.5 Å². The summed E-state index contributed by atoms with van der Waals surface area (Å²) >= 11 is 0. The molecule has 0 radical (unpaired) electrons. The molecule has 1 heterocycles. The fourth-order valence-corrected chi connectivity index (χ4v) is 5.46. The van der Waals surface area contributed by atoms with Crippen molar-refractivity contribution < 1.29 is 23.6 Å². The summed E-state index contributed by atoms with van der Waals surface area (Å²) < 4.78 is 19.1. The zero-order valence-electron chi connectivity index (χ0n) is 25.8. The Bertz CT molecular complexity index is 1500. The number of ketones is 1. The Hall–Kier alpha value is -3.29. The lowest BCUT2D eigenvalue weighted by molar-refractivity contribution is -0.117. The fourth-order valence-electron chi connectivity index (χ4n) is 4.89. The zero-order valence-corrected chi connectivity index (χ0v) is 26.7. The number of hydrogen-bond acceptors (Lipinski definition) is 5. The predicted molar refractivity (Wildman–Crippen MR) is 175 cm³/mol. The van der Waals surface area contributed by atoms with Crippen molar-refractivity contribution in [2.75, 3.05) is 44.3 Å². The van der Waals surface area contributed by atoms with Gasteiger partial charge in [0, 0.05) is 53.8 Å². The number of rotatable bonds is 10. The van der Waals surface area contributed by atoms with Gasteiger partial charge < -0.3 is 29.6 Å². The molecule has 0 unspecified atom stereocenters. The highest BCUT2D eigenvalue weighted by Gasteiger charge is 2.19. The fraction of sp³-hybridized carbons (Fsp3) is 0.394. The third-order valence-corrected chi connectivity index (χ3v) is 7.89. The van der Waals surface area contributed by atoms with Gasteiger partial charge in [-0.3, -0.25) is 4.57 Å². The van der Waals surface area contributed by atoms with E-state index in [4.69, 9.17) is 14.2 Å². The Morgan fingerprint density at radius 1 is 0.929 bits per heavy atom. The predicted octanol–water partition coefficient (Wildman–Crippen LogP) is 5.97. The minimum absolute atomic E-state index is 0.0338. The maximum atomic E-state index is 10.3. The normalized spacial score (nSPS) is 10.9. The molecule has 0 fully saturated rings. The van der Waals surface area contributed by atoms with Crippen LogP contribution in [0.15, 0.2) is 71.1 Å². The van der Waals surface area contributed by atoms with Crippen LogP contribution in [-0.2, 0) is 9.36 Å². The van der Waals surface area contributed by atoms with Crippen LogP contribution in [0.3, 0.4) is 0 Å². The molecule has 0 atom stereocenters. The highest BCUT2D eigenvalue weighted by atomic mass is 31.2. The zero-order chi connectivity index (χ0) is 31.3. The Kier molecular flexibility index (Phi) is 14.1. The molecular formula is C33H47N3O5P+. The van der Waals surface area contributed by atoms with Gasteiger partial charge in [-0.25, -0.2) is 4.58 Å². The molecule has 2 aromatic rings. The summed E-state index contributed by atoms with van der Waals surface area (Å²) in [4.78, 5) is 29.3. The molecule has 8 nitrogen and oxygen atoms in total. The van der Waals surface area contributed by atoms with Crippen molar-refractivity contribution in [3.05, 3.63) is 72.1 Å². The van der Waals surface area contributed by atoms with E-state index in [1.165, 1.54) is 36.1 Å². The summed E-state index contributed by atoms with van der Waals surface area (Å²) in [5.41, 5.74) is 10.2. The molecule has 2 aromatic carbocycles. The number of Topliss-reactive ketones (excluding diaryl/α,β-unsaturated/α-hetero) is 1. The lowest BCUT2D eigenvalue weighted by atomic mass is 9.93. The highest BCUT2D eigenvalue weighted by Crippen LogP contribution is 2.40. The molecule has 0 amide bonds. The summed E-state index contributed by atoms with van der Waals surface area (Å²) in [5.74, 6) is 0.899. The van der Waals surface area contributed by atoms with Gasteiger partial charge in [0.2, 0.25) is 5.36 Å². The molecule has 2 aliphatic rings. The molecule has 0 spiro atoms. The van der Waals surface area contributed by atoms with Gasteiger partial charge in [-0.15, -0.1) is 0 Å². The quantitative estimate of drug-likeness (QED) is 0.117. The van der Waals surface area contributed by atoms with Crippen LogP contribution in [0.1, 0.15) is 47.5 Å². The van der Waals surface area contributed by atoms with E-state index in [0.717, 1.165) is 48.5 Å². The maximum Gasteiger partial charge on any atom is 0.325 e. The van der Waals surface area contributed by atoms with Crippen molar-refractivity contribution >= 4 is 30.0 Å². The van der Waals surface area contributed by atoms with Crippen molar-refractivity contribution in [1.29, 1.82) is 0 Å². The summed E-state index contributed by atoms with van der Waals surface area (Å²) in [6.45, 7) is 14.1. The second-order valence-corrected chi connectivity index (χ2v) is 11.5. The SMILES string of the molecule is CC(=O)CCCP(=O)(O)O.CCN(CC)c1ccc2c(-c3ccccc3)c3ccc(=[N+](CC)CC)cc-3oc2c1.CN. The van der Waals surface area contributed by atoms with E-state index in [1.807, 2.05) is 0 Å². The number of nitrogens with zero attached hydrogens (tertiary/aromatic N) is 2. The Morgan fingerprint density at radius 2 is 1.57 bits per heavy atom. The van der Waals surface area contributed by atoms with Gasteiger partial charge >= 0.3 is 7.60 Å². The van der Waals surface area contributed by atoms with Crippen molar-refractivity contribution in [3.63, 3.8) is 0 Å². The first-order chi connectivity index (χ1) is 20.1. The van der Waals surface area contributed by atoms with Crippen LogP contribution in [0.5, 0.6) is 0 Å². The number of carbonyl (C=O) groups is 1. The Morgan fingerprint density at radius 3 is 2.12 bits per heavy atom. The molecule has 0 aromatic heterocycles. The van der Waals surface area contributed by atoms with E-state index in [-0.39, 0.29) is 24.8 Å². The van der Waals surface area contributed by atoms with Crippen LogP contribution in [0.4, 0.5) is 5.69 Å². The lowest BCUT2D eigenvalue weighted by Crippen LogP contribution is -2.29. The van der Waals surface area contributed by atoms with Gasteiger partial charge in [0.15, 0.2) is 0 Å². The van der Waals surface area contributed by atoms with Crippen LogP contribution in [0.2, 0.25) is 0 Å². The summed E-state index contributed by atoms with van der Waals surface area (Å²) in [6.07, 6.45) is 0.345. The Balaban J connectivity index is 0.000000438. The highest BCUT2D eigenvalue weighted by molar-refractivity contribution is 7.51. The van der Waals surface area contributed by atoms with Gasteiger partial charge in [-0.2, -0.15) is 0 Å². The third-order valence-electron chi connectivity index (χ3n) is 6.99. The first-order valence-electron chi connectivity index (χ1n) is 14.6. The summed E-state index contributed by atoms with van der Waals surface area (Å²) in [7, 11) is -2.37. The number of benzene rings is 3. The van der Waals surface area contributed by atoms with Crippen molar-refractivity contribution in [2.24, 2.45) is 5.73 Å². The average molecular weight is 597 g/mol. The molecular weight excluding hydrogens is 549 g/mol. The number of nitrogens with two attached hydrogens (primary N) is 1. The molecule has 4 rings (SSSR count). The number of fused-ring (bicyclic) bond motifs is 2. The monoisotopic (exact) mass is 596 g/mol. The second kappa shape index (κ2) is 17.0. The molecule has 0 saturated heterocycles. The van der Waals surface area contributed by atoms with E-state index in [0.29, 0.717) is 0 Å². The Labute approximate surface area is 250 Å². The summed E-state index contributed by atoms with van der Waals surface area (Å²) in [6, 6.07) is 23.9. The second-order valence-electron chi connectivity index (χ2n) is 9.74. The van der Waals surface area contributed by atoms with Crippen LogP contribution in [0.25, 0.3) is 33.4 Å². The van der Waals surface area contributed by atoms with E-state index in [2.05, 4.69) is 110 Å². The molecule has 1 aliphatic carbocycles. The van der Waals surface area contributed by atoms with Gasteiger partial charge in [-0.1, -0.05) is 30.3 Å². The van der Waals surface area contributed by atoms with Crippen LogP contribution >= 0.6 is 7.60 Å². The van der Waals surface area contributed by atoms with E-state index in [1.54, 1.807) is 0 Å². The van der Waals surface area contributed by atoms with Crippen molar-refractivity contribution in [1.82, 2.24) is 4.58 Å². The van der Waals surface area contributed by atoms with E-state index >= 15 is 0 Å². The standard InChI is InChI=1S/C27H31N2O.C5H11O4P.CH5N/c1-5-28(6-2)21-14-16-23-25(18-21)30-26-19-22(29(7-3)8-4)15-17-24(26)27(23)20-12-10-9-11-13-20;1-5(6)3-2-4-10(7,8)9;1-2/h9-19H,5-8H2,1-4H3;2-4H2,1H3,(H2,7,8,9);2H2,1H3/q+1;;. The smallest absolute Gasteiger partial charge is 0.325 e. The molecule has 228 valence electrons. The average Bonchev–Trinajstić information content (AvgIpc) is 2.98. The first kappa shape index (κ1) is 34.9. The number of hydrogen-bond donors (Lipinski definition) is 3. The molecule has 42 heavy (non-hydrogen) atoms. The van der Waals surface area contributed by atoms with Crippen LogP contribution in [-0.4, -0.2) is 55.0 Å². The summed E-state index contributed by atoms with van der Waals surface area (Å²) in [5, 5.41) is 2.36. The molecule has 9 heteroatoms. The molecule has 4 N–H and O–H groups in total. The minimum Gasteiger partial charge on any atom is -0.456 e. The molecule has 0 bridgehead atoms. The maximum absolute atomic E-state index is 10.3. The van der Waals surface area contributed by atoms with Gasteiger partial charge in [0.05, 0.1) is 12.2 Å². The number of carbonyl (C=O) groups excluding carboxylic acids is 1. The molecule has 0 saturated carbocycles. The van der Waals surface area contributed by atoms with Crippen LogP contribution < -0.4 is 20.6 Å². The van der Waals surface area contributed by atoms with Crippen LogP contribution in [0, 0.1) is 0 Å². The van der Waals surface area contributed by atoms with E-state index in [9.17, 15) is 9.36 Å². The van der Waals surface area contributed by atoms with Gasteiger partial charge in [-0.05, 0) is 71.8 Å². The van der Waals surface area contributed by atoms with E-state index < -0.39 is 7.60 Å². The lowest BCUT2D eigenvalue weighted by Gasteiger charge is -2.22. The van der Waals surface area contributed by atoms with Crippen molar-refractivity contribution in [2.45, 2.75) is 47.5 Å². The topological polar surface area (TPSA) is 120 Å². The van der Waals surface area contributed by atoms with Gasteiger partial charge in [0.1, 0.15) is 30.2 Å². The first-order valence-corrected chi connectivity index (χ1v) is 16.4. The third kappa shape index (κ3) is 9.63.